The van der Waals surface area contributed by atoms with Crippen LogP contribution in [0.4, 0.5) is 0 Å². The molecule has 1 N–H and O–H groups in total. The number of rotatable bonds is 1. The fraction of sp³-hybridized carbons (Fsp3) is 0.500. The van der Waals surface area contributed by atoms with E-state index >= 15 is 0 Å². The lowest BCUT2D eigenvalue weighted by Gasteiger charge is -2.31. The number of carbonyl (C=O) groups excluding carboxylic acids is 2. The SMILES string of the molecule is C=CC(=O)N1C(=O)CNCC1C. The number of nitrogens with zero attached hydrogens (tertiary/aromatic N) is 1. The van der Waals surface area contributed by atoms with Crippen LogP contribution in [0.5, 0.6) is 0 Å². The van der Waals surface area contributed by atoms with Crippen molar-refractivity contribution in [3.8, 4) is 0 Å². The molecule has 4 heteroatoms. The third-order valence-corrected chi connectivity index (χ3v) is 1.84. The van der Waals surface area contributed by atoms with Crippen molar-refractivity contribution in [3.05, 3.63) is 12.7 Å². The van der Waals surface area contributed by atoms with Gasteiger partial charge in [0.1, 0.15) is 0 Å². The second kappa shape index (κ2) is 3.49. The number of nitrogens with one attached hydrogen (secondary N) is 1. The molecule has 1 unspecified atom stereocenters. The minimum atomic E-state index is -0.311. The quantitative estimate of drug-likeness (QED) is 0.538. The van der Waals surface area contributed by atoms with Gasteiger partial charge in [-0.15, -0.1) is 0 Å². The van der Waals surface area contributed by atoms with E-state index in [1.54, 1.807) is 0 Å². The molecule has 1 rings (SSSR count). The van der Waals surface area contributed by atoms with Crippen LogP contribution in [0.2, 0.25) is 0 Å². The third kappa shape index (κ3) is 1.53. The van der Waals surface area contributed by atoms with Crippen molar-refractivity contribution < 1.29 is 9.59 Å². The number of carbonyl (C=O) groups is 2. The number of hydrogen-bond acceptors (Lipinski definition) is 3. The molecule has 12 heavy (non-hydrogen) atoms. The first-order valence-electron chi connectivity index (χ1n) is 3.86. The summed E-state index contributed by atoms with van der Waals surface area (Å²) in [4.78, 5) is 23.6. The Labute approximate surface area is 71.2 Å². The molecule has 1 atom stereocenters. The monoisotopic (exact) mass is 168 g/mol. The van der Waals surface area contributed by atoms with Crippen LogP contribution in [-0.2, 0) is 9.59 Å². The summed E-state index contributed by atoms with van der Waals surface area (Å²) >= 11 is 0. The first-order valence-corrected chi connectivity index (χ1v) is 3.86. The maximum atomic E-state index is 11.2. The van der Waals surface area contributed by atoms with Crippen molar-refractivity contribution in [2.45, 2.75) is 13.0 Å². The molecule has 0 aromatic heterocycles. The molecule has 0 saturated carbocycles. The second-order valence-corrected chi connectivity index (χ2v) is 2.79. The Morgan fingerprint density at radius 3 is 3.00 bits per heavy atom. The van der Waals surface area contributed by atoms with E-state index in [9.17, 15) is 9.59 Å². The maximum absolute atomic E-state index is 11.2. The number of hydrogen-bond donors (Lipinski definition) is 1. The molecule has 0 aromatic carbocycles. The Morgan fingerprint density at radius 2 is 2.50 bits per heavy atom. The summed E-state index contributed by atoms with van der Waals surface area (Å²) < 4.78 is 0. The van der Waals surface area contributed by atoms with Crippen LogP contribution < -0.4 is 5.32 Å². The van der Waals surface area contributed by atoms with Crippen molar-refractivity contribution in [1.82, 2.24) is 10.2 Å². The fourth-order valence-electron chi connectivity index (χ4n) is 1.25. The van der Waals surface area contributed by atoms with E-state index < -0.39 is 0 Å². The van der Waals surface area contributed by atoms with Gasteiger partial charge in [-0.05, 0) is 13.0 Å². The van der Waals surface area contributed by atoms with E-state index in [2.05, 4.69) is 11.9 Å². The highest BCUT2D eigenvalue weighted by atomic mass is 16.2. The van der Waals surface area contributed by atoms with E-state index in [1.165, 1.54) is 11.0 Å². The highest BCUT2D eigenvalue weighted by molar-refractivity contribution is 6.02. The zero-order valence-corrected chi connectivity index (χ0v) is 7.04. The Balaban J connectivity index is 2.75. The molecule has 1 aliphatic heterocycles. The van der Waals surface area contributed by atoms with Crippen LogP contribution in [0, 0.1) is 0 Å². The number of piperazine rings is 1. The number of amides is 2. The highest BCUT2D eigenvalue weighted by Gasteiger charge is 2.27. The second-order valence-electron chi connectivity index (χ2n) is 2.79. The smallest absolute Gasteiger partial charge is 0.252 e. The van der Waals surface area contributed by atoms with Crippen molar-refractivity contribution >= 4 is 11.8 Å². The van der Waals surface area contributed by atoms with Gasteiger partial charge in [0.25, 0.3) is 5.91 Å². The standard InChI is InChI=1S/C8H12N2O2/c1-3-7(11)10-6(2)4-9-5-8(10)12/h3,6,9H,1,4-5H2,2H3. The average Bonchev–Trinajstić information content (AvgIpc) is 2.03. The lowest BCUT2D eigenvalue weighted by atomic mass is 10.2. The van der Waals surface area contributed by atoms with Gasteiger partial charge in [-0.1, -0.05) is 6.58 Å². The minimum absolute atomic E-state index is 0.0725. The van der Waals surface area contributed by atoms with Gasteiger partial charge in [0.15, 0.2) is 0 Å². The molecular weight excluding hydrogens is 156 g/mol. The van der Waals surface area contributed by atoms with Gasteiger partial charge in [-0.2, -0.15) is 0 Å². The van der Waals surface area contributed by atoms with E-state index in [-0.39, 0.29) is 24.4 Å². The van der Waals surface area contributed by atoms with Crippen LogP contribution in [0.3, 0.4) is 0 Å². The van der Waals surface area contributed by atoms with Gasteiger partial charge in [-0.3, -0.25) is 14.5 Å². The first kappa shape index (κ1) is 8.93. The van der Waals surface area contributed by atoms with Crippen molar-refractivity contribution in [3.63, 3.8) is 0 Å². The zero-order valence-electron chi connectivity index (χ0n) is 7.04. The lowest BCUT2D eigenvalue weighted by molar-refractivity contribution is -0.145. The molecule has 0 aliphatic carbocycles. The van der Waals surface area contributed by atoms with E-state index in [1.807, 2.05) is 6.92 Å². The van der Waals surface area contributed by atoms with Gasteiger partial charge in [-0.25, -0.2) is 0 Å². The summed E-state index contributed by atoms with van der Waals surface area (Å²) in [6.07, 6.45) is 1.17. The molecule has 1 saturated heterocycles. The van der Waals surface area contributed by atoms with Crippen LogP contribution in [0.25, 0.3) is 0 Å². The van der Waals surface area contributed by atoms with E-state index in [0.29, 0.717) is 6.54 Å². The van der Waals surface area contributed by atoms with Gasteiger partial charge in [0.2, 0.25) is 5.91 Å². The molecule has 0 radical (unpaired) electrons. The zero-order chi connectivity index (χ0) is 9.14. The lowest BCUT2D eigenvalue weighted by Crippen LogP contribution is -2.55. The van der Waals surface area contributed by atoms with E-state index in [4.69, 9.17) is 0 Å². The summed E-state index contributed by atoms with van der Waals surface area (Å²) in [6.45, 7) is 6.06. The molecule has 1 heterocycles. The number of imide groups is 1. The Hall–Kier alpha value is -1.16. The topological polar surface area (TPSA) is 49.4 Å². The van der Waals surface area contributed by atoms with Gasteiger partial charge < -0.3 is 5.32 Å². The summed E-state index contributed by atoms with van der Waals surface area (Å²) in [7, 11) is 0. The van der Waals surface area contributed by atoms with Crippen LogP contribution in [0.1, 0.15) is 6.92 Å². The largest absolute Gasteiger partial charge is 0.306 e. The van der Waals surface area contributed by atoms with Crippen LogP contribution >= 0.6 is 0 Å². The van der Waals surface area contributed by atoms with Crippen molar-refractivity contribution in [1.29, 1.82) is 0 Å². The predicted molar refractivity (Wildman–Crippen MR) is 44.4 cm³/mol. The molecule has 0 bridgehead atoms. The van der Waals surface area contributed by atoms with E-state index in [0.717, 1.165) is 0 Å². The molecule has 0 spiro atoms. The fourth-order valence-corrected chi connectivity index (χ4v) is 1.25. The van der Waals surface area contributed by atoms with Gasteiger partial charge in [0.05, 0.1) is 6.54 Å². The third-order valence-electron chi connectivity index (χ3n) is 1.84. The Kier molecular flexibility index (Phi) is 2.60. The summed E-state index contributed by atoms with van der Waals surface area (Å²) in [5.41, 5.74) is 0. The molecule has 66 valence electrons. The minimum Gasteiger partial charge on any atom is -0.306 e. The Morgan fingerprint density at radius 1 is 1.83 bits per heavy atom. The summed E-state index contributed by atoms with van der Waals surface area (Å²) in [5.74, 6) is -0.493. The molecular formula is C8H12N2O2. The molecule has 4 nitrogen and oxygen atoms in total. The van der Waals surface area contributed by atoms with Crippen LogP contribution in [-0.4, -0.2) is 35.8 Å². The molecule has 2 amide bonds. The molecule has 0 aromatic rings. The normalized spacial score (nSPS) is 23.9. The summed E-state index contributed by atoms with van der Waals surface area (Å²) in [5, 5.41) is 2.92. The van der Waals surface area contributed by atoms with Crippen molar-refractivity contribution in [2.75, 3.05) is 13.1 Å². The van der Waals surface area contributed by atoms with Crippen LogP contribution in [0.15, 0.2) is 12.7 Å². The van der Waals surface area contributed by atoms with Crippen molar-refractivity contribution in [2.24, 2.45) is 0 Å². The molecule has 1 aliphatic rings. The molecule has 1 fully saturated rings. The first-order chi connectivity index (χ1) is 5.66. The van der Waals surface area contributed by atoms with Gasteiger partial charge >= 0.3 is 0 Å². The Bertz CT molecular complexity index is 225. The maximum Gasteiger partial charge on any atom is 0.252 e. The summed E-state index contributed by atoms with van der Waals surface area (Å²) in [6, 6.07) is -0.0725. The predicted octanol–water partition coefficient (Wildman–Crippen LogP) is -0.481. The average molecular weight is 168 g/mol. The van der Waals surface area contributed by atoms with Gasteiger partial charge in [0, 0.05) is 12.6 Å². The highest BCUT2D eigenvalue weighted by Crippen LogP contribution is 2.04.